The zero-order chi connectivity index (χ0) is 13.3. The van der Waals surface area contributed by atoms with Crippen LogP contribution in [0.5, 0.6) is 0 Å². The summed E-state index contributed by atoms with van der Waals surface area (Å²) in [7, 11) is 0. The van der Waals surface area contributed by atoms with Crippen LogP contribution < -0.4 is 5.32 Å². The molecule has 1 aliphatic rings. The smallest absolute Gasteiger partial charge is 0.0610 e. The fourth-order valence-corrected chi connectivity index (χ4v) is 2.21. The van der Waals surface area contributed by atoms with Crippen LogP contribution in [0.1, 0.15) is 65.2 Å². The van der Waals surface area contributed by atoms with Gasteiger partial charge in [0.25, 0.3) is 0 Å². The van der Waals surface area contributed by atoms with Gasteiger partial charge in [0, 0.05) is 24.8 Å². The quantitative estimate of drug-likeness (QED) is 0.528. The molecule has 0 aliphatic heterocycles. The van der Waals surface area contributed by atoms with Crippen molar-refractivity contribution in [3.63, 3.8) is 0 Å². The second kappa shape index (κ2) is 8.89. The topological polar surface area (TPSA) is 41.5 Å². The minimum absolute atomic E-state index is 0.104. The highest BCUT2D eigenvalue weighted by atomic mass is 16.5. The maximum Gasteiger partial charge on any atom is 0.0610 e. The molecule has 0 aromatic rings. The first kappa shape index (κ1) is 15.9. The molecule has 3 nitrogen and oxygen atoms in total. The van der Waals surface area contributed by atoms with Gasteiger partial charge in [-0.1, -0.05) is 26.2 Å². The third-order valence-electron chi connectivity index (χ3n) is 3.64. The lowest BCUT2D eigenvalue weighted by atomic mass is 9.97. The Morgan fingerprint density at radius 1 is 1.17 bits per heavy atom. The summed E-state index contributed by atoms with van der Waals surface area (Å²) < 4.78 is 5.63. The molecule has 0 heterocycles. The number of hydrogen-bond donors (Lipinski definition) is 2. The lowest BCUT2D eigenvalue weighted by molar-refractivity contribution is 0.107. The number of ether oxygens (including phenoxy) is 1. The fourth-order valence-electron chi connectivity index (χ4n) is 2.21. The second-order valence-electron chi connectivity index (χ2n) is 5.91. The minimum atomic E-state index is -0.104. The Bertz CT molecular complexity index is 207. The van der Waals surface area contributed by atoms with Crippen molar-refractivity contribution in [3.05, 3.63) is 0 Å². The Morgan fingerprint density at radius 3 is 2.50 bits per heavy atom. The Labute approximate surface area is 112 Å². The van der Waals surface area contributed by atoms with Crippen LogP contribution in [0.15, 0.2) is 0 Å². The number of aliphatic hydroxyl groups excluding tert-OH is 1. The highest BCUT2D eigenvalue weighted by molar-refractivity contribution is 4.92. The van der Waals surface area contributed by atoms with E-state index in [1.165, 1.54) is 38.5 Å². The van der Waals surface area contributed by atoms with Gasteiger partial charge in [0.05, 0.1) is 6.61 Å². The van der Waals surface area contributed by atoms with Crippen molar-refractivity contribution < 1.29 is 9.84 Å². The van der Waals surface area contributed by atoms with Gasteiger partial charge >= 0.3 is 0 Å². The summed E-state index contributed by atoms with van der Waals surface area (Å²) in [6.07, 6.45) is 9.63. The summed E-state index contributed by atoms with van der Waals surface area (Å²) >= 11 is 0. The lowest BCUT2D eigenvalue weighted by Crippen LogP contribution is -2.47. The molecular weight excluding hydrogens is 226 g/mol. The van der Waals surface area contributed by atoms with Crippen molar-refractivity contribution >= 4 is 0 Å². The van der Waals surface area contributed by atoms with E-state index in [0.29, 0.717) is 6.04 Å². The Hall–Kier alpha value is -0.120. The molecule has 108 valence electrons. The molecule has 0 spiro atoms. The van der Waals surface area contributed by atoms with Crippen LogP contribution in [0.4, 0.5) is 0 Å². The molecule has 1 atom stereocenters. The monoisotopic (exact) mass is 257 g/mol. The number of hydrogen-bond acceptors (Lipinski definition) is 3. The lowest BCUT2D eigenvalue weighted by Gasteiger charge is -2.29. The molecule has 1 saturated carbocycles. The number of nitrogens with one attached hydrogen (secondary N) is 1. The first-order valence-electron chi connectivity index (χ1n) is 7.66. The third-order valence-corrected chi connectivity index (χ3v) is 3.64. The van der Waals surface area contributed by atoms with Gasteiger partial charge in [-0.25, -0.2) is 0 Å². The first-order chi connectivity index (χ1) is 8.70. The van der Waals surface area contributed by atoms with Gasteiger partial charge in [-0.15, -0.1) is 0 Å². The Morgan fingerprint density at radius 2 is 1.89 bits per heavy atom. The zero-order valence-corrected chi connectivity index (χ0v) is 12.2. The predicted molar refractivity (Wildman–Crippen MR) is 75.8 cm³/mol. The highest BCUT2D eigenvalue weighted by Gasteiger charge is 2.31. The van der Waals surface area contributed by atoms with Crippen LogP contribution in [0.25, 0.3) is 0 Å². The number of unbranched alkanes of at least 4 members (excludes halogenated alkanes) is 3. The number of rotatable bonds is 12. The van der Waals surface area contributed by atoms with E-state index in [-0.39, 0.29) is 12.1 Å². The van der Waals surface area contributed by atoms with Gasteiger partial charge in [-0.05, 0) is 39.0 Å². The van der Waals surface area contributed by atoms with E-state index in [9.17, 15) is 5.11 Å². The molecular formula is C15H31NO2. The molecule has 2 N–H and O–H groups in total. The second-order valence-corrected chi connectivity index (χ2v) is 5.91. The summed E-state index contributed by atoms with van der Waals surface area (Å²) in [4.78, 5) is 0. The largest absolute Gasteiger partial charge is 0.394 e. The van der Waals surface area contributed by atoms with E-state index >= 15 is 0 Å². The van der Waals surface area contributed by atoms with Crippen LogP contribution in [0.2, 0.25) is 0 Å². The molecule has 1 fully saturated rings. The zero-order valence-electron chi connectivity index (χ0n) is 12.2. The van der Waals surface area contributed by atoms with E-state index in [1.807, 2.05) is 0 Å². The van der Waals surface area contributed by atoms with Crippen molar-refractivity contribution in [3.8, 4) is 0 Å². The normalized spacial score (nSPS) is 18.8. The molecule has 0 aromatic heterocycles. The standard InChI is InChI=1S/C15H31NO2/c1-3-4-5-6-11-18-12-7-10-15(2,13-17)16-14-8-9-14/h14,16-17H,3-13H2,1-2H3. The maximum atomic E-state index is 9.46. The van der Waals surface area contributed by atoms with E-state index < -0.39 is 0 Å². The fraction of sp³-hybridized carbons (Fsp3) is 1.00. The van der Waals surface area contributed by atoms with Crippen molar-refractivity contribution in [1.29, 1.82) is 0 Å². The van der Waals surface area contributed by atoms with Crippen molar-refractivity contribution in [2.75, 3.05) is 19.8 Å². The van der Waals surface area contributed by atoms with Crippen molar-refractivity contribution in [2.45, 2.75) is 76.8 Å². The molecule has 0 amide bonds. The van der Waals surface area contributed by atoms with Crippen molar-refractivity contribution in [1.82, 2.24) is 5.32 Å². The van der Waals surface area contributed by atoms with Gasteiger partial charge in [0.2, 0.25) is 0 Å². The molecule has 0 radical (unpaired) electrons. The first-order valence-corrected chi connectivity index (χ1v) is 7.66. The summed E-state index contributed by atoms with van der Waals surface area (Å²) in [5, 5.41) is 13.0. The molecule has 1 unspecified atom stereocenters. The van der Waals surface area contributed by atoms with Gasteiger partial charge in [-0.2, -0.15) is 0 Å². The minimum Gasteiger partial charge on any atom is -0.394 e. The van der Waals surface area contributed by atoms with E-state index in [2.05, 4.69) is 19.2 Å². The summed E-state index contributed by atoms with van der Waals surface area (Å²) in [6, 6.07) is 0.650. The maximum absolute atomic E-state index is 9.46. The van der Waals surface area contributed by atoms with Gasteiger partial charge in [-0.3, -0.25) is 0 Å². The van der Waals surface area contributed by atoms with Crippen LogP contribution >= 0.6 is 0 Å². The van der Waals surface area contributed by atoms with Crippen molar-refractivity contribution in [2.24, 2.45) is 0 Å². The van der Waals surface area contributed by atoms with Crippen LogP contribution in [0, 0.1) is 0 Å². The summed E-state index contributed by atoms with van der Waals surface area (Å²) in [5.41, 5.74) is -0.104. The van der Waals surface area contributed by atoms with Crippen LogP contribution in [-0.4, -0.2) is 36.5 Å². The molecule has 3 heteroatoms. The SMILES string of the molecule is CCCCCCOCCCC(C)(CO)NC1CC1. The van der Waals surface area contributed by atoms with Gasteiger partial charge in [0.1, 0.15) is 0 Å². The van der Waals surface area contributed by atoms with Gasteiger partial charge < -0.3 is 15.2 Å². The molecule has 0 aromatic carbocycles. The Kier molecular flexibility index (Phi) is 7.87. The Balaban J connectivity index is 1.94. The van der Waals surface area contributed by atoms with Crippen LogP contribution in [0.3, 0.4) is 0 Å². The molecule has 18 heavy (non-hydrogen) atoms. The molecule has 1 rings (SSSR count). The van der Waals surface area contributed by atoms with Gasteiger partial charge in [0.15, 0.2) is 0 Å². The van der Waals surface area contributed by atoms with Crippen LogP contribution in [-0.2, 0) is 4.74 Å². The van der Waals surface area contributed by atoms with E-state index in [1.54, 1.807) is 0 Å². The van der Waals surface area contributed by atoms with E-state index in [4.69, 9.17) is 4.74 Å². The average Bonchev–Trinajstić information content (AvgIpc) is 3.16. The highest BCUT2D eigenvalue weighted by Crippen LogP contribution is 2.24. The summed E-state index contributed by atoms with van der Waals surface area (Å²) in [5.74, 6) is 0. The molecule has 1 aliphatic carbocycles. The third kappa shape index (κ3) is 7.34. The predicted octanol–water partition coefficient (Wildman–Crippen LogP) is 2.87. The molecule has 0 saturated heterocycles. The average molecular weight is 257 g/mol. The number of aliphatic hydroxyl groups is 1. The van der Waals surface area contributed by atoms with E-state index in [0.717, 1.165) is 26.1 Å². The molecule has 0 bridgehead atoms. The summed E-state index contributed by atoms with van der Waals surface area (Å²) in [6.45, 7) is 6.29.